The number of carbonyl (C=O) groups excluding carboxylic acids is 1. The summed E-state index contributed by atoms with van der Waals surface area (Å²) in [6.45, 7) is 3.80. The lowest BCUT2D eigenvalue weighted by molar-refractivity contribution is -0.122. The number of carbonyl (C=O) groups is 1. The quantitative estimate of drug-likeness (QED) is 0.675. The van der Waals surface area contributed by atoms with Gasteiger partial charge < -0.3 is 15.2 Å². The molecule has 18 heavy (non-hydrogen) atoms. The van der Waals surface area contributed by atoms with Crippen LogP contribution in [0.2, 0.25) is 0 Å². The molecular weight excluding hydrogens is 228 g/mol. The highest BCUT2D eigenvalue weighted by Crippen LogP contribution is 2.18. The molecule has 5 nitrogen and oxygen atoms in total. The Hall–Kier alpha value is -1.36. The lowest BCUT2D eigenvalue weighted by atomic mass is 10.2. The second-order valence-electron chi connectivity index (χ2n) is 4.97. The molecule has 1 heterocycles. The summed E-state index contributed by atoms with van der Waals surface area (Å²) in [4.78, 5) is 15.7. The van der Waals surface area contributed by atoms with Crippen LogP contribution in [-0.2, 0) is 11.3 Å². The third-order valence-electron chi connectivity index (χ3n) is 3.17. The molecule has 0 aliphatic heterocycles. The van der Waals surface area contributed by atoms with Gasteiger partial charge in [-0.05, 0) is 39.2 Å². The molecule has 1 atom stereocenters. The van der Waals surface area contributed by atoms with Crippen molar-refractivity contribution >= 4 is 5.91 Å². The number of hydrogen-bond donors (Lipinski definition) is 2. The number of rotatable bonds is 8. The molecule has 2 rings (SSSR count). The minimum atomic E-state index is -0.0844. The molecular formula is C13H22N4O. The summed E-state index contributed by atoms with van der Waals surface area (Å²) in [5.74, 6) is 0.132. The van der Waals surface area contributed by atoms with Crippen LogP contribution in [0.5, 0.6) is 0 Å². The Kier molecular flexibility index (Phi) is 4.75. The number of nitrogens with zero attached hydrogens (tertiary/aromatic N) is 2. The molecule has 1 aliphatic rings. The van der Waals surface area contributed by atoms with Gasteiger partial charge in [-0.25, -0.2) is 4.98 Å². The fraction of sp³-hybridized carbons (Fsp3) is 0.692. The van der Waals surface area contributed by atoms with Gasteiger partial charge in [-0.2, -0.15) is 0 Å². The molecule has 100 valence electrons. The second-order valence-corrected chi connectivity index (χ2v) is 4.97. The highest BCUT2D eigenvalue weighted by molar-refractivity contribution is 5.81. The molecule has 1 saturated carbocycles. The van der Waals surface area contributed by atoms with Crippen molar-refractivity contribution in [1.29, 1.82) is 0 Å². The predicted molar refractivity (Wildman–Crippen MR) is 70.1 cm³/mol. The first-order valence-electron chi connectivity index (χ1n) is 6.75. The Morgan fingerprint density at radius 2 is 2.33 bits per heavy atom. The van der Waals surface area contributed by atoms with Crippen LogP contribution in [0.4, 0.5) is 0 Å². The first-order valence-corrected chi connectivity index (χ1v) is 6.75. The van der Waals surface area contributed by atoms with E-state index in [4.69, 9.17) is 0 Å². The summed E-state index contributed by atoms with van der Waals surface area (Å²) in [7, 11) is 0. The number of imidazole rings is 1. The number of aromatic nitrogens is 2. The number of amides is 1. The van der Waals surface area contributed by atoms with Crippen LogP contribution in [-0.4, -0.2) is 34.1 Å². The lowest BCUT2D eigenvalue weighted by Crippen LogP contribution is -2.43. The van der Waals surface area contributed by atoms with E-state index in [2.05, 4.69) is 20.2 Å². The second kappa shape index (κ2) is 6.54. The van der Waals surface area contributed by atoms with E-state index in [9.17, 15) is 4.79 Å². The van der Waals surface area contributed by atoms with Crippen LogP contribution in [0, 0.1) is 0 Å². The molecule has 0 radical (unpaired) electrons. The predicted octanol–water partition coefficient (Wildman–Crippen LogP) is 0.920. The average molecular weight is 250 g/mol. The van der Waals surface area contributed by atoms with Crippen molar-refractivity contribution in [1.82, 2.24) is 20.2 Å². The molecule has 5 heteroatoms. The maximum atomic E-state index is 11.7. The first-order chi connectivity index (χ1) is 8.75. The van der Waals surface area contributed by atoms with E-state index in [0.717, 1.165) is 38.8 Å². The minimum Gasteiger partial charge on any atom is -0.352 e. The van der Waals surface area contributed by atoms with Crippen LogP contribution in [0.25, 0.3) is 0 Å². The zero-order chi connectivity index (χ0) is 12.8. The highest BCUT2D eigenvalue weighted by Gasteiger charge is 2.25. The summed E-state index contributed by atoms with van der Waals surface area (Å²) < 4.78 is 2.07. The van der Waals surface area contributed by atoms with Gasteiger partial charge in [0.25, 0.3) is 0 Å². The van der Waals surface area contributed by atoms with E-state index in [1.807, 2.05) is 19.4 Å². The van der Waals surface area contributed by atoms with Crippen LogP contribution in [0.3, 0.4) is 0 Å². The van der Waals surface area contributed by atoms with Gasteiger partial charge in [-0.1, -0.05) is 0 Å². The van der Waals surface area contributed by atoms with E-state index >= 15 is 0 Å². The smallest absolute Gasteiger partial charge is 0.237 e. The Bertz CT molecular complexity index is 359. The molecule has 2 N–H and O–H groups in total. The van der Waals surface area contributed by atoms with Crippen LogP contribution >= 0.6 is 0 Å². The van der Waals surface area contributed by atoms with Gasteiger partial charge in [-0.15, -0.1) is 0 Å². The summed E-state index contributed by atoms with van der Waals surface area (Å²) in [6, 6.07) is 0.363. The number of unbranched alkanes of at least 4 members (excludes halogenated alkanes) is 1. The average Bonchev–Trinajstić information content (AvgIpc) is 3.02. The van der Waals surface area contributed by atoms with E-state index in [1.54, 1.807) is 6.20 Å². The Morgan fingerprint density at radius 1 is 1.50 bits per heavy atom. The Morgan fingerprint density at radius 3 is 3.00 bits per heavy atom. The van der Waals surface area contributed by atoms with E-state index in [-0.39, 0.29) is 11.9 Å². The SMILES string of the molecule is CC(NCCCCn1ccnc1)C(=O)NC1CC1. The van der Waals surface area contributed by atoms with Crippen molar-refractivity contribution in [3.63, 3.8) is 0 Å². The van der Waals surface area contributed by atoms with Gasteiger partial charge in [0.15, 0.2) is 0 Å². The lowest BCUT2D eigenvalue weighted by Gasteiger charge is -2.13. The Labute approximate surface area is 108 Å². The molecule has 1 aromatic heterocycles. The monoisotopic (exact) mass is 250 g/mol. The van der Waals surface area contributed by atoms with Crippen molar-refractivity contribution in [3.8, 4) is 0 Å². The first kappa shape index (κ1) is 13.1. The van der Waals surface area contributed by atoms with Crippen LogP contribution in [0.1, 0.15) is 32.6 Å². The van der Waals surface area contributed by atoms with E-state index in [0.29, 0.717) is 6.04 Å². The van der Waals surface area contributed by atoms with Crippen LogP contribution in [0.15, 0.2) is 18.7 Å². The molecule has 1 fully saturated rings. The van der Waals surface area contributed by atoms with Gasteiger partial charge in [0.2, 0.25) is 5.91 Å². The van der Waals surface area contributed by atoms with Gasteiger partial charge >= 0.3 is 0 Å². The van der Waals surface area contributed by atoms with Crippen molar-refractivity contribution < 1.29 is 4.79 Å². The molecule has 0 saturated heterocycles. The zero-order valence-electron chi connectivity index (χ0n) is 10.9. The molecule has 0 spiro atoms. The highest BCUT2D eigenvalue weighted by atomic mass is 16.2. The van der Waals surface area contributed by atoms with Gasteiger partial charge in [0, 0.05) is 25.0 Å². The summed E-state index contributed by atoms with van der Waals surface area (Å²) in [5, 5.41) is 6.26. The largest absolute Gasteiger partial charge is 0.352 e. The summed E-state index contributed by atoms with van der Waals surface area (Å²) in [6.07, 6.45) is 10.0. The van der Waals surface area contributed by atoms with Gasteiger partial charge in [0.1, 0.15) is 0 Å². The molecule has 0 bridgehead atoms. The summed E-state index contributed by atoms with van der Waals surface area (Å²) in [5.41, 5.74) is 0. The summed E-state index contributed by atoms with van der Waals surface area (Å²) >= 11 is 0. The molecule has 0 aromatic carbocycles. The standard InChI is InChI=1S/C13H22N4O/c1-11(13(18)16-12-4-5-12)15-6-2-3-8-17-9-7-14-10-17/h7,9-12,15H,2-6,8H2,1H3,(H,16,18). The van der Waals surface area contributed by atoms with Crippen molar-refractivity contribution in [2.45, 2.75) is 51.2 Å². The third-order valence-corrected chi connectivity index (χ3v) is 3.17. The van der Waals surface area contributed by atoms with Crippen LogP contribution < -0.4 is 10.6 Å². The maximum Gasteiger partial charge on any atom is 0.237 e. The van der Waals surface area contributed by atoms with Crippen molar-refractivity contribution in [2.75, 3.05) is 6.54 Å². The number of hydrogen-bond acceptors (Lipinski definition) is 3. The third kappa shape index (κ3) is 4.49. The molecule has 1 aliphatic carbocycles. The normalized spacial score (nSPS) is 16.5. The van der Waals surface area contributed by atoms with Gasteiger partial charge in [0.05, 0.1) is 12.4 Å². The Balaban J connectivity index is 1.50. The fourth-order valence-electron chi connectivity index (χ4n) is 1.80. The fourth-order valence-corrected chi connectivity index (χ4v) is 1.80. The number of nitrogens with one attached hydrogen (secondary N) is 2. The van der Waals surface area contributed by atoms with E-state index in [1.165, 1.54) is 0 Å². The number of aryl methyl sites for hydroxylation is 1. The maximum absolute atomic E-state index is 11.7. The van der Waals surface area contributed by atoms with Crippen molar-refractivity contribution in [2.24, 2.45) is 0 Å². The molecule has 1 unspecified atom stereocenters. The van der Waals surface area contributed by atoms with Crippen molar-refractivity contribution in [3.05, 3.63) is 18.7 Å². The molecule has 1 amide bonds. The minimum absolute atomic E-state index is 0.0844. The zero-order valence-corrected chi connectivity index (χ0v) is 10.9. The van der Waals surface area contributed by atoms with Gasteiger partial charge in [-0.3, -0.25) is 4.79 Å². The molecule has 1 aromatic rings. The van der Waals surface area contributed by atoms with E-state index < -0.39 is 0 Å². The topological polar surface area (TPSA) is 59.0 Å².